The van der Waals surface area contributed by atoms with Crippen LogP contribution in [-0.2, 0) is 4.79 Å². The van der Waals surface area contributed by atoms with Gasteiger partial charge in [-0.3, -0.25) is 4.79 Å². The number of carboxylic acids is 1. The molecule has 0 bridgehead atoms. The third kappa shape index (κ3) is 2.33. The van der Waals surface area contributed by atoms with Gasteiger partial charge in [-0.25, -0.2) is 0 Å². The molecule has 15 heavy (non-hydrogen) atoms. The van der Waals surface area contributed by atoms with E-state index in [1.54, 1.807) is 0 Å². The van der Waals surface area contributed by atoms with E-state index in [1.165, 1.54) is 19.3 Å². The van der Waals surface area contributed by atoms with Crippen LogP contribution in [-0.4, -0.2) is 35.6 Å². The summed E-state index contributed by atoms with van der Waals surface area (Å²) in [5, 5.41) is 9.11. The van der Waals surface area contributed by atoms with E-state index in [0.717, 1.165) is 31.7 Å². The number of nitrogens with zero attached hydrogens (tertiary/aromatic N) is 1. The van der Waals surface area contributed by atoms with E-state index in [2.05, 4.69) is 11.9 Å². The molecule has 3 heteroatoms. The van der Waals surface area contributed by atoms with E-state index in [-0.39, 0.29) is 5.92 Å². The molecule has 0 amide bonds. The molecule has 3 nitrogen and oxygen atoms in total. The topological polar surface area (TPSA) is 40.5 Å². The molecule has 1 N–H and O–H groups in total. The molecule has 0 aromatic heterocycles. The van der Waals surface area contributed by atoms with Crippen LogP contribution in [0.1, 0.15) is 38.5 Å². The first-order chi connectivity index (χ1) is 7.18. The predicted octanol–water partition coefficient (Wildman–Crippen LogP) is 1.97. The minimum atomic E-state index is -0.599. The van der Waals surface area contributed by atoms with Gasteiger partial charge < -0.3 is 10.0 Å². The molecule has 2 unspecified atom stereocenters. The van der Waals surface area contributed by atoms with E-state index < -0.39 is 5.97 Å². The van der Waals surface area contributed by atoms with Crippen molar-refractivity contribution in [3.8, 4) is 0 Å². The average Bonchev–Trinajstić information content (AvgIpc) is 2.59. The number of carboxylic acid groups (broad SMARTS) is 1. The second-order valence-electron chi connectivity index (χ2n) is 5.18. The molecule has 0 saturated heterocycles. The highest BCUT2D eigenvalue weighted by atomic mass is 16.4. The number of rotatable bonds is 4. The summed E-state index contributed by atoms with van der Waals surface area (Å²) < 4.78 is 0. The Labute approximate surface area is 91.5 Å². The lowest BCUT2D eigenvalue weighted by molar-refractivity contribution is -0.143. The fourth-order valence-corrected chi connectivity index (χ4v) is 2.97. The Hall–Kier alpha value is -0.570. The molecule has 0 radical (unpaired) electrons. The molecular weight excluding hydrogens is 190 g/mol. The Bertz CT molecular complexity index is 238. The van der Waals surface area contributed by atoms with Crippen LogP contribution in [0, 0.1) is 11.8 Å². The second-order valence-corrected chi connectivity index (χ2v) is 5.18. The standard InChI is InChI=1S/C12H21NO2/c1-13(8-9-4-2-5-9)11-7-3-6-10(11)12(14)15/h9-11H,2-8H2,1H3,(H,14,15). The normalized spacial score (nSPS) is 31.9. The zero-order valence-electron chi connectivity index (χ0n) is 9.48. The highest BCUT2D eigenvalue weighted by molar-refractivity contribution is 5.71. The Balaban J connectivity index is 1.87. The smallest absolute Gasteiger partial charge is 0.308 e. The lowest BCUT2D eigenvalue weighted by Gasteiger charge is -2.34. The first-order valence-electron chi connectivity index (χ1n) is 6.11. The summed E-state index contributed by atoms with van der Waals surface area (Å²) in [7, 11) is 2.10. The van der Waals surface area contributed by atoms with Gasteiger partial charge >= 0.3 is 5.97 Å². The molecule has 0 heterocycles. The fourth-order valence-electron chi connectivity index (χ4n) is 2.97. The van der Waals surface area contributed by atoms with Gasteiger partial charge in [0.1, 0.15) is 0 Å². The molecule has 2 aliphatic carbocycles. The van der Waals surface area contributed by atoms with Gasteiger partial charge in [0.15, 0.2) is 0 Å². The molecule has 2 atom stereocenters. The van der Waals surface area contributed by atoms with Gasteiger partial charge in [0.25, 0.3) is 0 Å². The fraction of sp³-hybridized carbons (Fsp3) is 0.917. The molecule has 0 aromatic rings. The summed E-state index contributed by atoms with van der Waals surface area (Å²) in [5.74, 6) is 0.123. The van der Waals surface area contributed by atoms with Gasteiger partial charge in [-0.2, -0.15) is 0 Å². The lowest BCUT2D eigenvalue weighted by Crippen LogP contribution is -2.41. The number of hydrogen-bond donors (Lipinski definition) is 1. The Morgan fingerprint density at radius 2 is 1.93 bits per heavy atom. The van der Waals surface area contributed by atoms with Crippen molar-refractivity contribution >= 4 is 5.97 Å². The number of aliphatic carboxylic acids is 1. The van der Waals surface area contributed by atoms with Crippen molar-refractivity contribution in [1.29, 1.82) is 0 Å². The van der Waals surface area contributed by atoms with Crippen molar-refractivity contribution in [2.24, 2.45) is 11.8 Å². The Morgan fingerprint density at radius 1 is 1.27 bits per heavy atom. The molecule has 0 aromatic carbocycles. The van der Waals surface area contributed by atoms with Crippen molar-refractivity contribution in [2.75, 3.05) is 13.6 Å². The van der Waals surface area contributed by atoms with Crippen LogP contribution < -0.4 is 0 Å². The zero-order chi connectivity index (χ0) is 10.8. The van der Waals surface area contributed by atoms with Gasteiger partial charge in [-0.1, -0.05) is 12.8 Å². The van der Waals surface area contributed by atoms with Crippen molar-refractivity contribution in [3.63, 3.8) is 0 Å². The Kier molecular flexibility index (Phi) is 3.29. The predicted molar refractivity (Wildman–Crippen MR) is 58.7 cm³/mol. The third-order valence-electron chi connectivity index (χ3n) is 4.13. The summed E-state index contributed by atoms with van der Waals surface area (Å²) in [4.78, 5) is 13.4. The molecule has 2 saturated carbocycles. The highest BCUT2D eigenvalue weighted by Gasteiger charge is 2.36. The largest absolute Gasteiger partial charge is 0.481 e. The lowest BCUT2D eigenvalue weighted by atomic mass is 9.84. The van der Waals surface area contributed by atoms with Gasteiger partial charge in [-0.05, 0) is 38.6 Å². The molecular formula is C12H21NO2. The molecule has 0 spiro atoms. The molecule has 86 valence electrons. The van der Waals surface area contributed by atoms with Crippen molar-refractivity contribution in [2.45, 2.75) is 44.6 Å². The summed E-state index contributed by atoms with van der Waals surface area (Å²) in [5.41, 5.74) is 0. The zero-order valence-corrected chi connectivity index (χ0v) is 9.48. The molecule has 2 rings (SSSR count). The van der Waals surface area contributed by atoms with Crippen LogP contribution in [0.5, 0.6) is 0 Å². The maximum absolute atomic E-state index is 11.1. The summed E-state index contributed by atoms with van der Waals surface area (Å²) in [6.07, 6.45) is 7.07. The van der Waals surface area contributed by atoms with Gasteiger partial charge in [0.05, 0.1) is 5.92 Å². The van der Waals surface area contributed by atoms with E-state index in [9.17, 15) is 4.79 Å². The summed E-state index contributed by atoms with van der Waals surface area (Å²) >= 11 is 0. The number of hydrogen-bond acceptors (Lipinski definition) is 2. The molecule has 2 fully saturated rings. The summed E-state index contributed by atoms with van der Waals surface area (Å²) in [6.45, 7) is 1.11. The van der Waals surface area contributed by atoms with Crippen molar-refractivity contribution < 1.29 is 9.90 Å². The maximum atomic E-state index is 11.1. The first-order valence-corrected chi connectivity index (χ1v) is 6.11. The molecule has 2 aliphatic rings. The summed E-state index contributed by atoms with van der Waals surface area (Å²) in [6, 6.07) is 0.295. The van der Waals surface area contributed by atoms with Crippen LogP contribution in [0.25, 0.3) is 0 Å². The van der Waals surface area contributed by atoms with Crippen LogP contribution in [0.15, 0.2) is 0 Å². The first kappa shape index (κ1) is 10.9. The quantitative estimate of drug-likeness (QED) is 0.773. The third-order valence-corrected chi connectivity index (χ3v) is 4.13. The highest BCUT2D eigenvalue weighted by Crippen LogP contribution is 2.33. The van der Waals surface area contributed by atoms with Crippen LogP contribution in [0.3, 0.4) is 0 Å². The van der Waals surface area contributed by atoms with E-state index in [1.807, 2.05) is 0 Å². The Morgan fingerprint density at radius 3 is 2.47 bits per heavy atom. The van der Waals surface area contributed by atoms with Crippen LogP contribution >= 0.6 is 0 Å². The monoisotopic (exact) mass is 211 g/mol. The second kappa shape index (κ2) is 4.52. The van der Waals surface area contributed by atoms with E-state index in [0.29, 0.717) is 6.04 Å². The molecule has 0 aliphatic heterocycles. The van der Waals surface area contributed by atoms with E-state index >= 15 is 0 Å². The maximum Gasteiger partial charge on any atom is 0.308 e. The number of carbonyl (C=O) groups is 1. The van der Waals surface area contributed by atoms with Gasteiger partial charge in [0, 0.05) is 12.6 Å². The van der Waals surface area contributed by atoms with Gasteiger partial charge in [-0.15, -0.1) is 0 Å². The average molecular weight is 211 g/mol. The van der Waals surface area contributed by atoms with Gasteiger partial charge in [0.2, 0.25) is 0 Å². The minimum Gasteiger partial charge on any atom is -0.481 e. The van der Waals surface area contributed by atoms with E-state index in [4.69, 9.17) is 5.11 Å². The van der Waals surface area contributed by atoms with Crippen LogP contribution in [0.2, 0.25) is 0 Å². The van der Waals surface area contributed by atoms with Crippen molar-refractivity contribution in [3.05, 3.63) is 0 Å². The SMILES string of the molecule is CN(CC1CCC1)C1CCCC1C(=O)O. The van der Waals surface area contributed by atoms with Crippen LogP contribution in [0.4, 0.5) is 0 Å². The van der Waals surface area contributed by atoms with Crippen molar-refractivity contribution in [1.82, 2.24) is 4.90 Å². The minimum absolute atomic E-state index is 0.116.